The van der Waals surface area contributed by atoms with Crippen LogP contribution in [0.3, 0.4) is 0 Å². The average molecular weight is 369 g/mol. The van der Waals surface area contributed by atoms with E-state index in [1.807, 2.05) is 26.0 Å². The second kappa shape index (κ2) is 6.07. The van der Waals surface area contributed by atoms with Gasteiger partial charge in [0.15, 0.2) is 0 Å². The normalized spacial score (nSPS) is 11.6. The van der Waals surface area contributed by atoms with Gasteiger partial charge in [0.2, 0.25) is 0 Å². The van der Waals surface area contributed by atoms with Crippen molar-refractivity contribution in [1.82, 2.24) is 0 Å². The Morgan fingerprint density at radius 2 is 1.81 bits per heavy atom. The number of nitrogens with one attached hydrogen (secondary N) is 1. The molecule has 0 unspecified atom stereocenters. The SMILES string of the molecule is CC(C)c1ccccc1NS(=O)(=O)c1cc(N)ccc1Br. The van der Waals surface area contributed by atoms with Gasteiger partial charge >= 0.3 is 0 Å². The van der Waals surface area contributed by atoms with Crippen molar-refractivity contribution in [2.24, 2.45) is 0 Å². The summed E-state index contributed by atoms with van der Waals surface area (Å²) in [7, 11) is -3.70. The predicted molar refractivity (Wildman–Crippen MR) is 89.9 cm³/mol. The maximum atomic E-state index is 12.6. The Labute approximate surface area is 133 Å². The van der Waals surface area contributed by atoms with Gasteiger partial charge in [-0.2, -0.15) is 0 Å². The monoisotopic (exact) mass is 368 g/mol. The quantitative estimate of drug-likeness (QED) is 0.802. The molecule has 0 saturated carbocycles. The molecule has 6 heteroatoms. The van der Waals surface area contributed by atoms with Gasteiger partial charge in [-0.1, -0.05) is 32.0 Å². The van der Waals surface area contributed by atoms with Crippen molar-refractivity contribution in [1.29, 1.82) is 0 Å². The van der Waals surface area contributed by atoms with Crippen molar-refractivity contribution in [2.45, 2.75) is 24.7 Å². The molecule has 0 bridgehead atoms. The zero-order valence-corrected chi connectivity index (χ0v) is 14.2. The molecule has 2 aromatic carbocycles. The first-order chi connectivity index (χ1) is 9.81. The van der Waals surface area contributed by atoms with Crippen molar-refractivity contribution < 1.29 is 8.42 Å². The van der Waals surface area contributed by atoms with Crippen LogP contribution in [0.5, 0.6) is 0 Å². The van der Waals surface area contributed by atoms with Gasteiger partial charge in [0.05, 0.1) is 5.69 Å². The molecule has 0 saturated heterocycles. The van der Waals surface area contributed by atoms with E-state index in [2.05, 4.69) is 20.7 Å². The second-order valence-electron chi connectivity index (χ2n) is 5.04. The van der Waals surface area contributed by atoms with E-state index in [9.17, 15) is 8.42 Å². The molecular formula is C15H17BrN2O2S. The minimum absolute atomic E-state index is 0.126. The summed E-state index contributed by atoms with van der Waals surface area (Å²) in [6.45, 7) is 4.03. The van der Waals surface area contributed by atoms with Crippen LogP contribution in [-0.4, -0.2) is 8.42 Å². The number of nitrogen functional groups attached to an aromatic ring is 1. The van der Waals surface area contributed by atoms with E-state index in [0.29, 0.717) is 15.8 Å². The third-order valence-corrected chi connectivity index (χ3v) is 5.43. The van der Waals surface area contributed by atoms with Crippen LogP contribution in [0.1, 0.15) is 25.3 Å². The summed E-state index contributed by atoms with van der Waals surface area (Å²) in [5.41, 5.74) is 7.61. The first-order valence-electron chi connectivity index (χ1n) is 6.48. The van der Waals surface area contributed by atoms with Gasteiger partial charge in [0.1, 0.15) is 4.90 Å². The molecule has 2 aromatic rings. The fourth-order valence-corrected chi connectivity index (χ4v) is 4.11. The van der Waals surface area contributed by atoms with Gasteiger partial charge in [-0.25, -0.2) is 8.42 Å². The molecule has 2 rings (SSSR count). The topological polar surface area (TPSA) is 72.2 Å². The predicted octanol–water partition coefficient (Wildman–Crippen LogP) is 3.96. The van der Waals surface area contributed by atoms with Gasteiger partial charge in [0, 0.05) is 10.2 Å². The van der Waals surface area contributed by atoms with Crippen LogP contribution < -0.4 is 10.5 Å². The van der Waals surface area contributed by atoms with Gasteiger partial charge < -0.3 is 5.73 Å². The Hall–Kier alpha value is -1.53. The molecule has 4 nitrogen and oxygen atoms in total. The van der Waals surface area contributed by atoms with Crippen molar-refractivity contribution in [3.63, 3.8) is 0 Å². The molecule has 0 atom stereocenters. The lowest BCUT2D eigenvalue weighted by atomic mass is 10.0. The first-order valence-corrected chi connectivity index (χ1v) is 8.75. The molecule has 0 amide bonds. The minimum atomic E-state index is -3.70. The number of para-hydroxylation sites is 1. The highest BCUT2D eigenvalue weighted by molar-refractivity contribution is 9.10. The summed E-state index contributed by atoms with van der Waals surface area (Å²) >= 11 is 3.25. The summed E-state index contributed by atoms with van der Waals surface area (Å²) in [5, 5.41) is 0. The Kier molecular flexibility index (Phi) is 4.58. The van der Waals surface area contributed by atoms with E-state index >= 15 is 0 Å². The summed E-state index contributed by atoms with van der Waals surface area (Å²) < 4.78 is 28.2. The summed E-state index contributed by atoms with van der Waals surface area (Å²) in [4.78, 5) is 0.126. The van der Waals surface area contributed by atoms with E-state index < -0.39 is 10.0 Å². The van der Waals surface area contributed by atoms with E-state index in [4.69, 9.17) is 5.73 Å². The highest BCUT2D eigenvalue weighted by atomic mass is 79.9. The van der Waals surface area contributed by atoms with E-state index in [0.717, 1.165) is 5.56 Å². The number of hydrogen-bond acceptors (Lipinski definition) is 3. The zero-order valence-electron chi connectivity index (χ0n) is 11.8. The van der Waals surface area contributed by atoms with Gasteiger partial charge in [-0.15, -0.1) is 0 Å². The van der Waals surface area contributed by atoms with Gasteiger partial charge in [-0.05, 0) is 51.7 Å². The standard InChI is InChI=1S/C15H17BrN2O2S/c1-10(2)12-5-3-4-6-14(12)18-21(19,20)15-9-11(17)7-8-13(15)16/h3-10,18H,17H2,1-2H3. The lowest BCUT2D eigenvalue weighted by Gasteiger charge is -2.15. The summed E-state index contributed by atoms with van der Waals surface area (Å²) in [5.74, 6) is 0.216. The van der Waals surface area contributed by atoms with Crippen LogP contribution in [0.25, 0.3) is 0 Å². The van der Waals surface area contributed by atoms with Crippen LogP contribution in [0.2, 0.25) is 0 Å². The lowest BCUT2D eigenvalue weighted by molar-refractivity contribution is 0.600. The van der Waals surface area contributed by atoms with Crippen LogP contribution in [0.15, 0.2) is 51.8 Å². The number of sulfonamides is 1. The molecule has 0 aliphatic rings. The van der Waals surface area contributed by atoms with Gasteiger partial charge in [0.25, 0.3) is 10.0 Å². The molecule has 21 heavy (non-hydrogen) atoms. The molecule has 3 N–H and O–H groups in total. The number of rotatable bonds is 4. The summed E-state index contributed by atoms with van der Waals surface area (Å²) in [6, 6.07) is 12.1. The van der Waals surface area contributed by atoms with Crippen molar-refractivity contribution in [2.75, 3.05) is 10.5 Å². The molecule has 0 aromatic heterocycles. The molecule has 0 heterocycles. The number of nitrogens with two attached hydrogens (primary N) is 1. The van der Waals surface area contributed by atoms with Crippen LogP contribution in [0, 0.1) is 0 Å². The Balaban J connectivity index is 2.45. The number of benzene rings is 2. The van der Waals surface area contributed by atoms with Crippen molar-refractivity contribution in [3.8, 4) is 0 Å². The minimum Gasteiger partial charge on any atom is -0.399 e. The van der Waals surface area contributed by atoms with Crippen LogP contribution in [-0.2, 0) is 10.0 Å². The fourth-order valence-electron chi connectivity index (χ4n) is 2.02. The fraction of sp³-hybridized carbons (Fsp3) is 0.200. The highest BCUT2D eigenvalue weighted by Gasteiger charge is 2.20. The third kappa shape index (κ3) is 3.57. The Morgan fingerprint density at radius 3 is 2.48 bits per heavy atom. The molecule has 0 spiro atoms. The van der Waals surface area contributed by atoms with Crippen molar-refractivity contribution >= 4 is 37.3 Å². The smallest absolute Gasteiger partial charge is 0.263 e. The molecule has 0 aliphatic carbocycles. The van der Waals surface area contributed by atoms with Gasteiger partial charge in [-0.3, -0.25) is 4.72 Å². The Bertz CT molecular complexity index is 758. The van der Waals surface area contributed by atoms with E-state index in [1.165, 1.54) is 6.07 Å². The maximum Gasteiger partial charge on any atom is 0.263 e. The molecule has 0 aliphatic heterocycles. The largest absolute Gasteiger partial charge is 0.399 e. The first kappa shape index (κ1) is 15.9. The third-order valence-electron chi connectivity index (χ3n) is 3.07. The average Bonchev–Trinajstić information content (AvgIpc) is 2.41. The highest BCUT2D eigenvalue weighted by Crippen LogP contribution is 2.29. The number of halogens is 1. The van der Waals surface area contributed by atoms with Crippen molar-refractivity contribution in [3.05, 3.63) is 52.5 Å². The van der Waals surface area contributed by atoms with Crippen LogP contribution in [0.4, 0.5) is 11.4 Å². The molecule has 0 fully saturated rings. The summed E-state index contributed by atoms with van der Waals surface area (Å²) in [6.07, 6.45) is 0. The van der Waals surface area contributed by atoms with Crippen LogP contribution >= 0.6 is 15.9 Å². The Morgan fingerprint density at radius 1 is 1.14 bits per heavy atom. The van der Waals surface area contributed by atoms with E-state index in [1.54, 1.807) is 24.3 Å². The maximum absolute atomic E-state index is 12.6. The lowest BCUT2D eigenvalue weighted by Crippen LogP contribution is -2.15. The molecule has 112 valence electrons. The van der Waals surface area contributed by atoms with E-state index in [-0.39, 0.29) is 10.8 Å². The second-order valence-corrected chi connectivity index (χ2v) is 7.54. The number of anilines is 2. The molecular weight excluding hydrogens is 352 g/mol. The number of hydrogen-bond donors (Lipinski definition) is 2. The molecule has 0 radical (unpaired) electrons. The zero-order chi connectivity index (χ0) is 15.6.